The summed E-state index contributed by atoms with van der Waals surface area (Å²) in [6, 6.07) is 10.2. The molecule has 0 N–H and O–H groups in total. The highest BCUT2D eigenvalue weighted by Crippen LogP contribution is 2.39. The van der Waals surface area contributed by atoms with Crippen molar-refractivity contribution < 1.29 is 13.9 Å². The van der Waals surface area contributed by atoms with Crippen LogP contribution in [-0.4, -0.2) is 30.9 Å². The Morgan fingerprint density at radius 1 is 1.21 bits per heavy atom. The van der Waals surface area contributed by atoms with Gasteiger partial charge in [-0.15, -0.1) is 0 Å². The minimum Gasteiger partial charge on any atom is -0.462 e. The zero-order valence-corrected chi connectivity index (χ0v) is 17.6. The maximum atomic E-state index is 14.8. The normalized spacial score (nSPS) is 15.2. The SMILES string of the molecule is CCOC(=O)c1ccc(N=Cc2cc3c(cc2F)N(CC)C(C)(C)C=C3C)cc1. The fourth-order valence-corrected chi connectivity index (χ4v) is 3.83. The van der Waals surface area contributed by atoms with Gasteiger partial charge in [0, 0.05) is 29.6 Å². The molecule has 0 bridgehead atoms. The zero-order chi connectivity index (χ0) is 21.2. The minimum absolute atomic E-state index is 0.158. The van der Waals surface area contributed by atoms with E-state index < -0.39 is 0 Å². The lowest BCUT2D eigenvalue weighted by molar-refractivity contribution is 0.0526. The number of allylic oxidation sites excluding steroid dienone is 1. The number of esters is 1. The number of aliphatic imine (C=N–C) groups is 1. The van der Waals surface area contributed by atoms with E-state index in [1.165, 1.54) is 6.21 Å². The lowest BCUT2D eigenvalue weighted by Crippen LogP contribution is -2.45. The first-order valence-corrected chi connectivity index (χ1v) is 9.89. The summed E-state index contributed by atoms with van der Waals surface area (Å²) in [5, 5.41) is 0. The van der Waals surface area contributed by atoms with Crippen molar-refractivity contribution in [3.05, 3.63) is 65.0 Å². The van der Waals surface area contributed by atoms with E-state index >= 15 is 0 Å². The molecule has 5 heteroatoms. The van der Waals surface area contributed by atoms with Crippen LogP contribution in [0.5, 0.6) is 0 Å². The number of carbonyl (C=O) groups is 1. The van der Waals surface area contributed by atoms with Crippen molar-refractivity contribution in [2.75, 3.05) is 18.1 Å². The molecule has 0 saturated heterocycles. The predicted molar refractivity (Wildman–Crippen MR) is 117 cm³/mol. The minimum atomic E-state index is -0.366. The molecule has 0 aromatic heterocycles. The average Bonchev–Trinajstić information content (AvgIpc) is 2.67. The summed E-state index contributed by atoms with van der Waals surface area (Å²) in [5.41, 5.74) is 4.43. The van der Waals surface area contributed by atoms with Gasteiger partial charge in [-0.1, -0.05) is 6.08 Å². The molecule has 152 valence electrons. The van der Waals surface area contributed by atoms with Crippen LogP contribution in [0.25, 0.3) is 5.57 Å². The second-order valence-electron chi connectivity index (χ2n) is 7.64. The van der Waals surface area contributed by atoms with E-state index in [-0.39, 0.29) is 17.3 Å². The quantitative estimate of drug-likeness (QED) is 0.477. The average molecular weight is 394 g/mol. The topological polar surface area (TPSA) is 41.9 Å². The summed E-state index contributed by atoms with van der Waals surface area (Å²) >= 11 is 0. The highest BCUT2D eigenvalue weighted by Gasteiger charge is 2.30. The number of fused-ring (bicyclic) bond motifs is 1. The number of rotatable bonds is 5. The summed E-state index contributed by atoms with van der Waals surface area (Å²) < 4.78 is 19.8. The maximum absolute atomic E-state index is 14.8. The third kappa shape index (κ3) is 4.24. The third-order valence-electron chi connectivity index (χ3n) is 5.14. The molecule has 0 unspecified atom stereocenters. The van der Waals surface area contributed by atoms with Crippen LogP contribution >= 0.6 is 0 Å². The second-order valence-corrected chi connectivity index (χ2v) is 7.64. The third-order valence-corrected chi connectivity index (χ3v) is 5.14. The second kappa shape index (κ2) is 8.19. The largest absolute Gasteiger partial charge is 0.462 e. The summed E-state index contributed by atoms with van der Waals surface area (Å²) in [5.74, 6) is -0.672. The van der Waals surface area contributed by atoms with Crippen LogP contribution in [0.2, 0.25) is 0 Å². The Morgan fingerprint density at radius 2 is 1.90 bits per heavy atom. The van der Waals surface area contributed by atoms with Gasteiger partial charge >= 0.3 is 5.97 Å². The van der Waals surface area contributed by atoms with Gasteiger partial charge in [-0.3, -0.25) is 4.99 Å². The number of likely N-dealkylation sites (N-methyl/N-ethyl adjacent to an activating group) is 1. The number of carbonyl (C=O) groups excluding carboxylic acids is 1. The molecule has 2 aromatic rings. The molecule has 0 amide bonds. The van der Waals surface area contributed by atoms with Crippen molar-refractivity contribution in [2.24, 2.45) is 4.99 Å². The van der Waals surface area contributed by atoms with Crippen LogP contribution < -0.4 is 4.90 Å². The fourth-order valence-electron chi connectivity index (χ4n) is 3.83. The number of hydrogen-bond donors (Lipinski definition) is 0. The van der Waals surface area contributed by atoms with Gasteiger partial charge in [0.2, 0.25) is 0 Å². The van der Waals surface area contributed by atoms with E-state index in [9.17, 15) is 9.18 Å². The van der Waals surface area contributed by atoms with Crippen molar-refractivity contribution in [1.29, 1.82) is 0 Å². The molecule has 2 aromatic carbocycles. The van der Waals surface area contributed by atoms with Crippen LogP contribution in [0.3, 0.4) is 0 Å². The summed E-state index contributed by atoms with van der Waals surface area (Å²) in [4.78, 5) is 18.3. The Morgan fingerprint density at radius 3 is 2.52 bits per heavy atom. The monoisotopic (exact) mass is 394 g/mol. The summed E-state index contributed by atoms with van der Waals surface area (Å²) in [7, 11) is 0. The smallest absolute Gasteiger partial charge is 0.338 e. The molecule has 1 aliphatic rings. The molecule has 1 aliphatic heterocycles. The predicted octanol–water partition coefficient (Wildman–Crippen LogP) is 5.77. The molecule has 29 heavy (non-hydrogen) atoms. The van der Waals surface area contributed by atoms with Gasteiger partial charge in [0.1, 0.15) is 5.82 Å². The van der Waals surface area contributed by atoms with Gasteiger partial charge in [-0.25, -0.2) is 9.18 Å². The Kier molecular flexibility index (Phi) is 5.87. The first-order chi connectivity index (χ1) is 13.8. The van der Waals surface area contributed by atoms with Crippen molar-refractivity contribution >= 4 is 29.1 Å². The molecule has 0 aliphatic carbocycles. The van der Waals surface area contributed by atoms with E-state index in [4.69, 9.17) is 4.74 Å². The molecule has 0 fully saturated rings. The number of anilines is 1. The molecular formula is C24H27FN2O2. The number of ether oxygens (including phenoxy) is 1. The Labute approximate surface area is 171 Å². The molecule has 0 saturated carbocycles. The molecule has 3 rings (SSSR count). The van der Waals surface area contributed by atoms with Gasteiger partial charge in [0.25, 0.3) is 0 Å². The van der Waals surface area contributed by atoms with Gasteiger partial charge in [0.15, 0.2) is 0 Å². The maximum Gasteiger partial charge on any atom is 0.338 e. The van der Waals surface area contributed by atoms with Crippen molar-refractivity contribution in [2.45, 2.75) is 40.2 Å². The van der Waals surface area contributed by atoms with Crippen molar-refractivity contribution in [3.8, 4) is 0 Å². The number of benzene rings is 2. The number of nitrogens with zero attached hydrogens (tertiary/aromatic N) is 2. The standard InChI is InChI=1S/C24H27FN2O2/c1-6-27-22-13-21(25)18(12-20(22)16(3)14-24(27,4)5)15-26-19-10-8-17(9-11-19)23(28)29-7-2/h8-15H,6-7H2,1-5H3. The Hall–Kier alpha value is -2.95. The summed E-state index contributed by atoms with van der Waals surface area (Å²) in [6.45, 7) is 11.3. The molecule has 0 radical (unpaired) electrons. The van der Waals surface area contributed by atoms with Crippen LogP contribution in [0.1, 0.15) is 56.1 Å². The van der Waals surface area contributed by atoms with Gasteiger partial charge in [0.05, 0.1) is 23.4 Å². The molecular weight excluding hydrogens is 367 g/mol. The first-order valence-electron chi connectivity index (χ1n) is 9.89. The van der Waals surface area contributed by atoms with Gasteiger partial charge in [-0.2, -0.15) is 0 Å². The zero-order valence-electron chi connectivity index (χ0n) is 17.6. The first kappa shape index (κ1) is 20.8. The molecule has 0 atom stereocenters. The lowest BCUT2D eigenvalue weighted by atomic mass is 9.88. The number of halogens is 1. The lowest BCUT2D eigenvalue weighted by Gasteiger charge is -2.42. The van der Waals surface area contributed by atoms with E-state index in [0.717, 1.165) is 23.4 Å². The molecule has 1 heterocycles. The van der Waals surface area contributed by atoms with Crippen LogP contribution in [-0.2, 0) is 4.74 Å². The van der Waals surface area contributed by atoms with Crippen LogP contribution in [0, 0.1) is 5.82 Å². The van der Waals surface area contributed by atoms with Crippen molar-refractivity contribution in [1.82, 2.24) is 0 Å². The van der Waals surface area contributed by atoms with E-state index in [2.05, 4.69) is 43.7 Å². The van der Waals surface area contributed by atoms with Crippen LogP contribution in [0.4, 0.5) is 15.8 Å². The van der Waals surface area contributed by atoms with Gasteiger partial charge < -0.3 is 9.64 Å². The molecule has 0 spiro atoms. The molecule has 4 nitrogen and oxygen atoms in total. The van der Waals surface area contributed by atoms with Crippen LogP contribution in [0.15, 0.2) is 47.5 Å². The highest BCUT2D eigenvalue weighted by atomic mass is 19.1. The van der Waals surface area contributed by atoms with Gasteiger partial charge in [-0.05, 0) is 76.6 Å². The highest BCUT2D eigenvalue weighted by molar-refractivity contribution is 5.91. The van der Waals surface area contributed by atoms with Crippen molar-refractivity contribution in [3.63, 3.8) is 0 Å². The Bertz CT molecular complexity index is 975. The summed E-state index contributed by atoms with van der Waals surface area (Å²) in [6.07, 6.45) is 3.74. The number of hydrogen-bond acceptors (Lipinski definition) is 4. The van der Waals surface area contributed by atoms with E-state index in [1.54, 1.807) is 37.3 Å². The fraction of sp³-hybridized carbons (Fsp3) is 0.333. The van der Waals surface area contributed by atoms with E-state index in [1.807, 2.05) is 6.07 Å². The Balaban J connectivity index is 1.89. The van der Waals surface area contributed by atoms with E-state index in [0.29, 0.717) is 23.4 Å².